The molecule has 1 amide bonds. The van der Waals surface area contributed by atoms with Gasteiger partial charge in [0.2, 0.25) is 11.7 Å². The number of tetrazole rings is 1. The van der Waals surface area contributed by atoms with Gasteiger partial charge >= 0.3 is 0 Å². The molecule has 10 heteroatoms. The van der Waals surface area contributed by atoms with E-state index in [0.29, 0.717) is 23.5 Å². The summed E-state index contributed by atoms with van der Waals surface area (Å²) in [6.07, 6.45) is 4.43. The van der Waals surface area contributed by atoms with Crippen molar-refractivity contribution in [1.82, 2.24) is 30.9 Å². The largest absolute Gasteiger partial charge is 0.508 e. The lowest BCUT2D eigenvalue weighted by Crippen LogP contribution is -2.31. The zero-order chi connectivity index (χ0) is 28.3. The number of hydrogen-bond acceptors (Lipinski definition) is 6. The number of benzene rings is 3. The van der Waals surface area contributed by atoms with Crippen LogP contribution in [0.4, 0.5) is 8.78 Å². The fourth-order valence-electron chi connectivity index (χ4n) is 5.20. The average molecular weight is 551 g/mol. The minimum absolute atomic E-state index is 0.0694. The second-order valence-electron chi connectivity index (χ2n) is 9.81. The Morgan fingerprint density at radius 1 is 0.976 bits per heavy atom. The summed E-state index contributed by atoms with van der Waals surface area (Å²) >= 11 is 0. The number of aromatic nitrogens is 5. The quantitative estimate of drug-likeness (QED) is 0.240. The number of nitrogens with zero attached hydrogens (tertiary/aromatic N) is 4. The number of phenols is 1. The number of phenolic OH excluding ortho intramolecular Hbond substituents is 1. The number of halogens is 2. The number of aromatic amines is 1. The number of carbonyl (C=O) groups is 1. The molecular formula is C31H24F2N6O2. The molecule has 0 aliphatic heterocycles. The first-order valence-corrected chi connectivity index (χ1v) is 13.0. The zero-order valence-electron chi connectivity index (χ0n) is 21.7. The predicted octanol–water partition coefficient (Wildman–Crippen LogP) is 5.34. The van der Waals surface area contributed by atoms with Crippen molar-refractivity contribution < 1.29 is 18.7 Å². The van der Waals surface area contributed by atoms with Crippen LogP contribution in [0.2, 0.25) is 0 Å². The topological polar surface area (TPSA) is 117 Å². The maximum Gasteiger partial charge on any atom is 0.224 e. The van der Waals surface area contributed by atoms with Crippen LogP contribution in [0.25, 0.3) is 28.1 Å². The van der Waals surface area contributed by atoms with E-state index in [9.17, 15) is 18.7 Å². The van der Waals surface area contributed by atoms with Gasteiger partial charge in [-0.2, -0.15) is 5.21 Å². The highest BCUT2D eigenvalue weighted by atomic mass is 19.1. The van der Waals surface area contributed by atoms with Crippen LogP contribution in [0, 0.1) is 11.6 Å². The first kappa shape index (κ1) is 26.0. The second kappa shape index (κ2) is 11.1. The smallest absolute Gasteiger partial charge is 0.224 e. The first-order chi connectivity index (χ1) is 19.9. The van der Waals surface area contributed by atoms with E-state index in [4.69, 9.17) is 0 Å². The number of hydrogen-bond donors (Lipinski definition) is 3. The molecule has 6 rings (SSSR count). The van der Waals surface area contributed by atoms with Crippen molar-refractivity contribution in [3.05, 3.63) is 119 Å². The molecule has 1 aliphatic carbocycles. The Bertz CT molecular complexity index is 1750. The molecule has 2 aromatic heterocycles. The van der Waals surface area contributed by atoms with Gasteiger partial charge in [-0.3, -0.25) is 9.78 Å². The molecule has 5 aromatic rings. The molecule has 3 aromatic carbocycles. The third kappa shape index (κ3) is 5.72. The predicted molar refractivity (Wildman–Crippen MR) is 148 cm³/mol. The van der Waals surface area contributed by atoms with E-state index >= 15 is 0 Å². The van der Waals surface area contributed by atoms with Crippen LogP contribution in [0.3, 0.4) is 0 Å². The lowest BCUT2D eigenvalue weighted by Gasteiger charge is -2.22. The van der Waals surface area contributed by atoms with E-state index in [1.165, 1.54) is 12.1 Å². The van der Waals surface area contributed by atoms with E-state index in [0.717, 1.165) is 39.5 Å². The summed E-state index contributed by atoms with van der Waals surface area (Å²) in [6.45, 7) is 0. The van der Waals surface area contributed by atoms with Gasteiger partial charge in [0.1, 0.15) is 17.4 Å². The molecule has 0 saturated heterocycles. The van der Waals surface area contributed by atoms with Crippen molar-refractivity contribution in [2.75, 3.05) is 0 Å². The van der Waals surface area contributed by atoms with Crippen LogP contribution < -0.4 is 5.32 Å². The Balaban J connectivity index is 1.34. The van der Waals surface area contributed by atoms with Crippen LogP contribution in [0.15, 0.2) is 85.1 Å². The molecule has 8 nitrogen and oxygen atoms in total. The fourth-order valence-corrected chi connectivity index (χ4v) is 5.20. The normalized spacial score (nSPS) is 13.0. The first-order valence-electron chi connectivity index (χ1n) is 13.0. The molecule has 41 heavy (non-hydrogen) atoms. The van der Waals surface area contributed by atoms with Crippen molar-refractivity contribution in [2.24, 2.45) is 0 Å². The minimum atomic E-state index is -0.709. The van der Waals surface area contributed by atoms with Crippen LogP contribution in [-0.4, -0.2) is 36.6 Å². The van der Waals surface area contributed by atoms with Crippen LogP contribution >= 0.6 is 0 Å². The number of aromatic hydroxyl groups is 1. The summed E-state index contributed by atoms with van der Waals surface area (Å²) in [7, 11) is 0. The Labute approximate surface area is 233 Å². The van der Waals surface area contributed by atoms with Crippen molar-refractivity contribution in [2.45, 2.75) is 25.3 Å². The number of nitrogens with one attached hydrogen (secondary N) is 2. The van der Waals surface area contributed by atoms with Gasteiger partial charge in [-0.1, -0.05) is 36.4 Å². The Hall–Kier alpha value is -5.25. The van der Waals surface area contributed by atoms with E-state index in [1.54, 1.807) is 24.4 Å². The molecule has 0 spiro atoms. The average Bonchev–Trinajstić information content (AvgIpc) is 3.63. The lowest BCUT2D eigenvalue weighted by molar-refractivity contribution is -0.120. The van der Waals surface area contributed by atoms with Gasteiger partial charge in [0.15, 0.2) is 0 Å². The molecule has 0 radical (unpaired) electrons. The standard InChI is InChI=1S/C31H24F2N6O2/c32-23-11-18(12-24(33)16-23)13-28(35-29(41)15-21-7-6-19-8-9-25(40)17-27(19)21)30-26(5-2-10-34-30)20-3-1-4-22(14-20)31-36-38-39-37-31/h1-5,7-12,14,16-17,28,40H,6,13,15H2,(H,35,41)(H,36,37,38,39)/t28-/m0/s1. The van der Waals surface area contributed by atoms with Crippen LogP contribution in [0.5, 0.6) is 5.75 Å². The number of rotatable bonds is 8. The third-order valence-corrected chi connectivity index (χ3v) is 7.00. The van der Waals surface area contributed by atoms with Crippen LogP contribution in [-0.2, 0) is 17.6 Å². The fraction of sp³-hybridized carbons (Fsp3) is 0.129. The molecule has 2 heterocycles. The molecule has 1 aliphatic rings. The summed E-state index contributed by atoms with van der Waals surface area (Å²) in [5, 5.41) is 27.2. The number of amides is 1. The van der Waals surface area contributed by atoms with Gasteiger partial charge in [0, 0.05) is 23.4 Å². The maximum atomic E-state index is 14.1. The monoisotopic (exact) mass is 550 g/mol. The molecule has 0 saturated carbocycles. The van der Waals surface area contributed by atoms with Crippen molar-refractivity contribution in [3.63, 3.8) is 0 Å². The number of carbonyl (C=O) groups excluding carboxylic acids is 1. The van der Waals surface area contributed by atoms with E-state index in [2.05, 4.69) is 30.9 Å². The Morgan fingerprint density at radius 2 is 1.80 bits per heavy atom. The molecule has 0 bridgehead atoms. The highest BCUT2D eigenvalue weighted by Crippen LogP contribution is 2.34. The molecule has 0 unspecified atom stereocenters. The van der Waals surface area contributed by atoms with Gasteiger partial charge in [0.25, 0.3) is 0 Å². The molecule has 0 fully saturated rings. The van der Waals surface area contributed by atoms with Gasteiger partial charge in [0.05, 0.1) is 18.2 Å². The molecule has 204 valence electrons. The van der Waals surface area contributed by atoms with Crippen molar-refractivity contribution in [3.8, 4) is 28.3 Å². The summed E-state index contributed by atoms with van der Waals surface area (Å²) in [4.78, 5) is 18.1. The summed E-state index contributed by atoms with van der Waals surface area (Å²) in [5.41, 5.74) is 5.84. The Morgan fingerprint density at radius 3 is 2.61 bits per heavy atom. The summed E-state index contributed by atoms with van der Waals surface area (Å²) < 4.78 is 28.2. The van der Waals surface area contributed by atoms with E-state index in [1.807, 2.05) is 42.5 Å². The van der Waals surface area contributed by atoms with E-state index < -0.39 is 17.7 Å². The molecular weight excluding hydrogens is 526 g/mol. The number of pyridine rings is 1. The number of allylic oxidation sites excluding steroid dienone is 1. The van der Waals surface area contributed by atoms with Gasteiger partial charge in [-0.15, -0.1) is 10.2 Å². The molecule has 3 N–H and O–H groups in total. The van der Waals surface area contributed by atoms with Crippen molar-refractivity contribution >= 4 is 11.5 Å². The molecule has 1 atom stereocenters. The summed E-state index contributed by atoms with van der Waals surface area (Å²) in [5.74, 6) is -1.14. The van der Waals surface area contributed by atoms with Gasteiger partial charge in [-0.05, 0) is 82.3 Å². The highest BCUT2D eigenvalue weighted by molar-refractivity contribution is 5.91. The number of H-pyrrole nitrogens is 1. The van der Waals surface area contributed by atoms with Crippen LogP contribution in [0.1, 0.15) is 34.8 Å². The highest BCUT2D eigenvalue weighted by Gasteiger charge is 2.24. The van der Waals surface area contributed by atoms with Gasteiger partial charge < -0.3 is 10.4 Å². The third-order valence-electron chi connectivity index (χ3n) is 7.00. The summed E-state index contributed by atoms with van der Waals surface area (Å²) in [6, 6.07) is 18.9. The lowest BCUT2D eigenvalue weighted by atomic mass is 9.94. The van der Waals surface area contributed by atoms with Crippen molar-refractivity contribution in [1.29, 1.82) is 0 Å². The van der Waals surface area contributed by atoms with Gasteiger partial charge in [-0.25, -0.2) is 8.78 Å². The zero-order valence-corrected chi connectivity index (χ0v) is 21.7. The SMILES string of the molecule is O=C(CC1=CCc2ccc(O)cc21)N[C@@H](Cc1cc(F)cc(F)c1)c1ncccc1-c1cccc(-c2nn[nH]n2)c1. The minimum Gasteiger partial charge on any atom is -0.508 e. The Kier molecular flexibility index (Phi) is 7.03. The van der Waals surface area contributed by atoms with E-state index in [-0.39, 0.29) is 24.5 Å². The number of fused-ring (bicyclic) bond motifs is 1. The second-order valence-corrected chi connectivity index (χ2v) is 9.81. The maximum absolute atomic E-state index is 14.1.